The minimum absolute atomic E-state index is 0.251. The van der Waals surface area contributed by atoms with Crippen molar-refractivity contribution in [2.24, 2.45) is 0 Å². The number of benzene rings is 1. The molecule has 0 saturated heterocycles. The summed E-state index contributed by atoms with van der Waals surface area (Å²) in [6, 6.07) is 12.9. The van der Waals surface area contributed by atoms with Gasteiger partial charge in [0.25, 0.3) is 5.91 Å². The Labute approximate surface area is 152 Å². The van der Waals surface area contributed by atoms with Gasteiger partial charge in [-0.1, -0.05) is 18.2 Å². The van der Waals surface area contributed by atoms with Crippen LogP contribution >= 0.6 is 0 Å². The maximum Gasteiger partial charge on any atom is 0.274 e. The van der Waals surface area contributed by atoms with E-state index in [0.717, 1.165) is 23.3 Å². The topological polar surface area (TPSA) is 64.1 Å². The van der Waals surface area contributed by atoms with Crippen molar-refractivity contribution < 1.29 is 9.53 Å². The third-order valence-electron chi connectivity index (χ3n) is 3.87. The van der Waals surface area contributed by atoms with Crippen LogP contribution in [0.4, 0.5) is 5.69 Å². The summed E-state index contributed by atoms with van der Waals surface area (Å²) in [6.07, 6.45) is 6.61. The van der Waals surface area contributed by atoms with Crippen LogP contribution in [0.2, 0.25) is 0 Å². The zero-order valence-corrected chi connectivity index (χ0v) is 14.9. The molecule has 2 aromatic heterocycles. The summed E-state index contributed by atoms with van der Waals surface area (Å²) in [5.41, 5.74) is 3.32. The van der Waals surface area contributed by atoms with Crippen molar-refractivity contribution >= 4 is 22.6 Å². The van der Waals surface area contributed by atoms with E-state index in [0.29, 0.717) is 23.5 Å². The molecule has 0 bridgehead atoms. The summed E-state index contributed by atoms with van der Waals surface area (Å²) in [5, 5.41) is 2.89. The van der Waals surface area contributed by atoms with E-state index in [2.05, 4.69) is 21.4 Å². The molecule has 0 spiro atoms. The Hall–Kier alpha value is -3.21. The summed E-state index contributed by atoms with van der Waals surface area (Å²) < 4.78 is 5.69. The van der Waals surface area contributed by atoms with Gasteiger partial charge in [0.1, 0.15) is 11.4 Å². The van der Waals surface area contributed by atoms with Crippen molar-refractivity contribution in [3.8, 4) is 5.75 Å². The Morgan fingerprint density at radius 3 is 2.92 bits per heavy atom. The highest BCUT2D eigenvalue weighted by Gasteiger charge is 2.13. The second kappa shape index (κ2) is 8.25. The average Bonchev–Trinajstić information content (AvgIpc) is 2.65. The van der Waals surface area contributed by atoms with Crippen LogP contribution < -0.4 is 10.1 Å². The molecule has 26 heavy (non-hydrogen) atoms. The number of carbonyl (C=O) groups is 1. The van der Waals surface area contributed by atoms with Crippen molar-refractivity contribution in [3.05, 3.63) is 72.1 Å². The van der Waals surface area contributed by atoms with E-state index < -0.39 is 0 Å². The first kappa shape index (κ1) is 17.6. The Balaban J connectivity index is 1.74. The van der Waals surface area contributed by atoms with Crippen molar-refractivity contribution in [3.63, 3.8) is 0 Å². The number of anilines is 1. The molecule has 0 aliphatic carbocycles. The van der Waals surface area contributed by atoms with Crippen LogP contribution in [0, 0.1) is 6.92 Å². The highest BCUT2D eigenvalue weighted by Crippen LogP contribution is 2.20. The van der Waals surface area contributed by atoms with E-state index in [4.69, 9.17) is 4.74 Å². The van der Waals surface area contributed by atoms with Gasteiger partial charge in [0.2, 0.25) is 0 Å². The predicted octanol–water partition coefficient (Wildman–Crippen LogP) is 4.54. The van der Waals surface area contributed by atoms with Gasteiger partial charge in [-0.3, -0.25) is 9.78 Å². The number of nitrogens with one attached hydrogen (secondary N) is 1. The van der Waals surface area contributed by atoms with E-state index >= 15 is 0 Å². The van der Waals surface area contributed by atoms with E-state index in [-0.39, 0.29) is 5.91 Å². The summed E-state index contributed by atoms with van der Waals surface area (Å²) in [4.78, 5) is 21.4. The minimum Gasteiger partial charge on any atom is -0.493 e. The molecule has 0 unspecified atom stereocenters. The SMILES string of the molecule is CC=CCCOc1cccc(NC(=O)c2nc3cccnc3cc2C)c1. The second-order valence-corrected chi connectivity index (χ2v) is 5.88. The standard InChI is InChI=1S/C21H21N3O2/c1-3-4-5-12-26-17-9-6-8-16(14-17)23-21(25)20-15(2)13-19-18(24-20)10-7-11-22-19/h3-4,6-11,13-14H,5,12H2,1-2H3,(H,23,25). The highest BCUT2D eigenvalue weighted by atomic mass is 16.5. The zero-order chi connectivity index (χ0) is 18.4. The molecule has 1 aromatic carbocycles. The molecular weight excluding hydrogens is 326 g/mol. The molecule has 0 radical (unpaired) electrons. The van der Waals surface area contributed by atoms with Crippen LogP contribution in [-0.4, -0.2) is 22.5 Å². The normalized spacial score (nSPS) is 11.0. The molecule has 5 heteroatoms. The molecule has 3 aromatic rings. The lowest BCUT2D eigenvalue weighted by Gasteiger charge is -2.10. The smallest absolute Gasteiger partial charge is 0.274 e. The van der Waals surface area contributed by atoms with Crippen LogP contribution in [0.1, 0.15) is 29.4 Å². The molecule has 2 heterocycles. The predicted molar refractivity (Wildman–Crippen MR) is 104 cm³/mol. The summed E-state index contributed by atoms with van der Waals surface area (Å²) in [7, 11) is 0. The summed E-state index contributed by atoms with van der Waals surface area (Å²) >= 11 is 0. The van der Waals surface area contributed by atoms with Gasteiger partial charge >= 0.3 is 0 Å². The van der Waals surface area contributed by atoms with E-state index in [1.807, 2.05) is 56.3 Å². The Morgan fingerprint density at radius 1 is 1.19 bits per heavy atom. The molecule has 0 aliphatic heterocycles. The quantitative estimate of drug-likeness (QED) is 0.525. The van der Waals surface area contributed by atoms with Crippen LogP contribution in [0.5, 0.6) is 5.75 Å². The van der Waals surface area contributed by atoms with E-state index in [1.54, 1.807) is 12.3 Å². The van der Waals surface area contributed by atoms with Crippen LogP contribution in [0.3, 0.4) is 0 Å². The maximum absolute atomic E-state index is 12.6. The zero-order valence-electron chi connectivity index (χ0n) is 14.9. The largest absolute Gasteiger partial charge is 0.493 e. The van der Waals surface area contributed by atoms with Gasteiger partial charge in [0.15, 0.2) is 0 Å². The van der Waals surface area contributed by atoms with Gasteiger partial charge in [0.05, 0.1) is 17.6 Å². The Kier molecular flexibility index (Phi) is 5.59. The lowest BCUT2D eigenvalue weighted by Crippen LogP contribution is -2.15. The number of allylic oxidation sites excluding steroid dienone is 1. The number of carbonyl (C=O) groups excluding carboxylic acids is 1. The molecule has 0 saturated carbocycles. The lowest BCUT2D eigenvalue weighted by atomic mass is 10.1. The first-order chi connectivity index (χ1) is 12.7. The lowest BCUT2D eigenvalue weighted by molar-refractivity contribution is 0.102. The number of hydrogen-bond donors (Lipinski definition) is 1. The fourth-order valence-corrected chi connectivity index (χ4v) is 2.59. The number of amides is 1. The van der Waals surface area contributed by atoms with Crippen molar-refractivity contribution in [1.82, 2.24) is 9.97 Å². The van der Waals surface area contributed by atoms with E-state index in [1.165, 1.54) is 0 Å². The van der Waals surface area contributed by atoms with Crippen LogP contribution in [-0.2, 0) is 0 Å². The second-order valence-electron chi connectivity index (χ2n) is 5.88. The average molecular weight is 347 g/mol. The van der Waals surface area contributed by atoms with Gasteiger partial charge < -0.3 is 10.1 Å². The maximum atomic E-state index is 12.6. The molecular formula is C21H21N3O2. The third-order valence-corrected chi connectivity index (χ3v) is 3.87. The number of aromatic nitrogens is 2. The third kappa shape index (κ3) is 4.25. The fourth-order valence-electron chi connectivity index (χ4n) is 2.59. The summed E-state index contributed by atoms with van der Waals surface area (Å²) in [6.45, 7) is 4.44. The van der Waals surface area contributed by atoms with Crippen LogP contribution in [0.15, 0.2) is 60.8 Å². The number of rotatable bonds is 6. The van der Waals surface area contributed by atoms with Crippen molar-refractivity contribution in [2.45, 2.75) is 20.3 Å². The van der Waals surface area contributed by atoms with Gasteiger partial charge in [-0.05, 0) is 56.2 Å². The molecule has 3 rings (SSSR count). The molecule has 0 atom stereocenters. The molecule has 132 valence electrons. The molecule has 5 nitrogen and oxygen atoms in total. The van der Waals surface area contributed by atoms with Crippen LogP contribution in [0.25, 0.3) is 11.0 Å². The van der Waals surface area contributed by atoms with Gasteiger partial charge in [0, 0.05) is 18.0 Å². The van der Waals surface area contributed by atoms with Gasteiger partial charge in [-0.25, -0.2) is 4.98 Å². The fraction of sp³-hybridized carbons (Fsp3) is 0.190. The Morgan fingerprint density at radius 2 is 2.08 bits per heavy atom. The number of fused-ring (bicyclic) bond motifs is 1. The molecule has 1 N–H and O–H groups in total. The van der Waals surface area contributed by atoms with E-state index in [9.17, 15) is 4.79 Å². The monoisotopic (exact) mass is 347 g/mol. The number of hydrogen-bond acceptors (Lipinski definition) is 4. The van der Waals surface area contributed by atoms with Crippen molar-refractivity contribution in [1.29, 1.82) is 0 Å². The molecule has 0 aliphatic rings. The first-order valence-corrected chi connectivity index (χ1v) is 8.55. The Bertz CT molecular complexity index is 951. The number of aryl methyl sites for hydroxylation is 1. The molecule has 0 fully saturated rings. The number of pyridine rings is 2. The summed E-state index contributed by atoms with van der Waals surface area (Å²) in [5.74, 6) is 0.471. The first-order valence-electron chi connectivity index (χ1n) is 8.55. The number of nitrogens with zero attached hydrogens (tertiary/aromatic N) is 2. The number of ether oxygens (including phenoxy) is 1. The van der Waals surface area contributed by atoms with Crippen molar-refractivity contribution in [2.75, 3.05) is 11.9 Å². The van der Waals surface area contributed by atoms with Gasteiger partial charge in [-0.15, -0.1) is 0 Å². The molecule has 1 amide bonds. The minimum atomic E-state index is -0.251. The van der Waals surface area contributed by atoms with Gasteiger partial charge in [-0.2, -0.15) is 0 Å². The highest BCUT2D eigenvalue weighted by molar-refractivity contribution is 6.05.